The Bertz CT molecular complexity index is 488. The van der Waals surface area contributed by atoms with Crippen LogP contribution in [-0.4, -0.2) is 16.3 Å². The molecule has 1 aromatic carbocycles. The zero-order chi connectivity index (χ0) is 13.5. The van der Waals surface area contributed by atoms with Crippen molar-refractivity contribution in [1.82, 2.24) is 9.78 Å². The van der Waals surface area contributed by atoms with Crippen LogP contribution in [0.15, 0.2) is 36.5 Å². The van der Waals surface area contributed by atoms with Crippen LogP contribution < -0.4 is 5.32 Å². The SMILES string of the molecule is CCc1nn(C)cc1NCCCCc1ccccc1. The number of nitrogens with zero attached hydrogens (tertiary/aromatic N) is 2. The van der Waals surface area contributed by atoms with Gasteiger partial charge in [-0.25, -0.2) is 0 Å². The molecule has 2 aromatic rings. The first-order valence-corrected chi connectivity index (χ1v) is 7.10. The van der Waals surface area contributed by atoms with Gasteiger partial charge in [-0.05, 0) is 31.2 Å². The number of unbranched alkanes of at least 4 members (excludes halogenated alkanes) is 1. The summed E-state index contributed by atoms with van der Waals surface area (Å²) in [5.41, 5.74) is 3.77. The van der Waals surface area contributed by atoms with E-state index in [4.69, 9.17) is 0 Å². The molecule has 102 valence electrons. The quantitative estimate of drug-likeness (QED) is 0.770. The van der Waals surface area contributed by atoms with Crippen molar-refractivity contribution in [3.8, 4) is 0 Å². The van der Waals surface area contributed by atoms with Crippen LogP contribution in [0.5, 0.6) is 0 Å². The third-order valence-corrected chi connectivity index (χ3v) is 3.29. The molecule has 1 N–H and O–H groups in total. The van der Waals surface area contributed by atoms with Crippen LogP contribution in [0.2, 0.25) is 0 Å². The highest BCUT2D eigenvalue weighted by Gasteiger charge is 2.04. The molecule has 3 nitrogen and oxygen atoms in total. The zero-order valence-corrected chi connectivity index (χ0v) is 11.9. The number of nitrogens with one attached hydrogen (secondary N) is 1. The van der Waals surface area contributed by atoms with E-state index in [1.54, 1.807) is 0 Å². The van der Waals surface area contributed by atoms with Gasteiger partial charge in [0.05, 0.1) is 11.4 Å². The summed E-state index contributed by atoms with van der Waals surface area (Å²) in [7, 11) is 1.97. The number of aromatic nitrogens is 2. The number of hydrogen-bond acceptors (Lipinski definition) is 2. The standard InChI is InChI=1S/C16H23N3/c1-3-15-16(13-19(2)18-15)17-12-8-7-11-14-9-5-4-6-10-14/h4-6,9-10,13,17H,3,7-8,11-12H2,1-2H3. The van der Waals surface area contributed by atoms with E-state index in [1.165, 1.54) is 24.1 Å². The van der Waals surface area contributed by atoms with E-state index in [2.05, 4.69) is 53.9 Å². The summed E-state index contributed by atoms with van der Waals surface area (Å²) in [6, 6.07) is 10.7. The van der Waals surface area contributed by atoms with Crippen molar-refractivity contribution in [3.63, 3.8) is 0 Å². The van der Waals surface area contributed by atoms with E-state index in [1.807, 2.05) is 11.7 Å². The Labute approximate surface area is 115 Å². The molecular formula is C16H23N3. The molecule has 3 heteroatoms. The molecule has 0 bridgehead atoms. The highest BCUT2D eigenvalue weighted by Crippen LogP contribution is 2.13. The number of rotatable bonds is 7. The molecule has 0 spiro atoms. The molecule has 0 fully saturated rings. The Morgan fingerprint density at radius 1 is 1.16 bits per heavy atom. The summed E-state index contributed by atoms with van der Waals surface area (Å²) in [5.74, 6) is 0. The van der Waals surface area contributed by atoms with Gasteiger partial charge in [-0.3, -0.25) is 4.68 Å². The lowest BCUT2D eigenvalue weighted by atomic mass is 10.1. The molecule has 0 saturated carbocycles. The molecule has 1 aromatic heterocycles. The molecule has 0 aliphatic carbocycles. The van der Waals surface area contributed by atoms with E-state index < -0.39 is 0 Å². The van der Waals surface area contributed by atoms with Crippen LogP contribution in [-0.2, 0) is 19.9 Å². The molecule has 1 heterocycles. The smallest absolute Gasteiger partial charge is 0.0853 e. The van der Waals surface area contributed by atoms with Crippen molar-refractivity contribution in [3.05, 3.63) is 47.8 Å². The lowest BCUT2D eigenvalue weighted by Crippen LogP contribution is -2.03. The minimum absolute atomic E-state index is 0.979. The van der Waals surface area contributed by atoms with Crippen molar-refractivity contribution in [2.75, 3.05) is 11.9 Å². The van der Waals surface area contributed by atoms with Crippen molar-refractivity contribution >= 4 is 5.69 Å². The van der Waals surface area contributed by atoms with E-state index in [-0.39, 0.29) is 0 Å². The molecule has 19 heavy (non-hydrogen) atoms. The molecule has 0 radical (unpaired) electrons. The van der Waals surface area contributed by atoms with Gasteiger partial charge in [0.2, 0.25) is 0 Å². The lowest BCUT2D eigenvalue weighted by Gasteiger charge is -2.05. The number of anilines is 1. The predicted molar refractivity (Wildman–Crippen MR) is 80.5 cm³/mol. The highest BCUT2D eigenvalue weighted by molar-refractivity contribution is 5.46. The number of aryl methyl sites for hydroxylation is 3. The van der Waals surface area contributed by atoms with E-state index in [0.717, 1.165) is 25.1 Å². The minimum atomic E-state index is 0.979. The fourth-order valence-electron chi connectivity index (χ4n) is 2.27. The van der Waals surface area contributed by atoms with Crippen LogP contribution in [0, 0.1) is 0 Å². The van der Waals surface area contributed by atoms with E-state index in [9.17, 15) is 0 Å². The Morgan fingerprint density at radius 3 is 2.68 bits per heavy atom. The van der Waals surface area contributed by atoms with Crippen LogP contribution >= 0.6 is 0 Å². The average molecular weight is 257 g/mol. The fraction of sp³-hybridized carbons (Fsp3) is 0.438. The van der Waals surface area contributed by atoms with Crippen molar-refractivity contribution < 1.29 is 0 Å². The van der Waals surface area contributed by atoms with Crippen LogP contribution in [0.1, 0.15) is 31.0 Å². The van der Waals surface area contributed by atoms with E-state index in [0.29, 0.717) is 0 Å². The first-order chi connectivity index (χ1) is 9.29. The fourth-order valence-corrected chi connectivity index (χ4v) is 2.27. The van der Waals surface area contributed by atoms with Gasteiger partial charge in [-0.1, -0.05) is 37.3 Å². The monoisotopic (exact) mass is 257 g/mol. The normalized spacial score (nSPS) is 10.6. The topological polar surface area (TPSA) is 29.9 Å². The summed E-state index contributed by atoms with van der Waals surface area (Å²) in [6.45, 7) is 3.16. The molecular weight excluding hydrogens is 234 g/mol. The lowest BCUT2D eigenvalue weighted by molar-refractivity contribution is 0.746. The van der Waals surface area contributed by atoms with Gasteiger partial charge in [-0.15, -0.1) is 0 Å². The average Bonchev–Trinajstić information content (AvgIpc) is 2.80. The largest absolute Gasteiger partial charge is 0.382 e. The minimum Gasteiger partial charge on any atom is -0.382 e. The maximum absolute atomic E-state index is 4.43. The number of benzene rings is 1. The summed E-state index contributed by atoms with van der Waals surface area (Å²) in [4.78, 5) is 0. The maximum atomic E-state index is 4.43. The van der Waals surface area contributed by atoms with E-state index >= 15 is 0 Å². The molecule has 0 atom stereocenters. The van der Waals surface area contributed by atoms with Crippen molar-refractivity contribution in [1.29, 1.82) is 0 Å². The second-order valence-corrected chi connectivity index (χ2v) is 4.89. The molecule has 0 aliphatic heterocycles. The summed E-state index contributed by atoms with van der Waals surface area (Å²) in [5, 5.41) is 7.92. The first-order valence-electron chi connectivity index (χ1n) is 7.10. The van der Waals surface area contributed by atoms with Crippen LogP contribution in [0.3, 0.4) is 0 Å². The first kappa shape index (κ1) is 13.7. The van der Waals surface area contributed by atoms with Gasteiger partial charge in [0.1, 0.15) is 0 Å². The Kier molecular flexibility index (Phi) is 5.01. The van der Waals surface area contributed by atoms with Crippen LogP contribution in [0.25, 0.3) is 0 Å². The Balaban J connectivity index is 1.69. The molecule has 0 aliphatic rings. The second-order valence-electron chi connectivity index (χ2n) is 4.89. The van der Waals surface area contributed by atoms with Crippen LogP contribution in [0.4, 0.5) is 5.69 Å². The summed E-state index contributed by atoms with van der Waals surface area (Å²) >= 11 is 0. The van der Waals surface area contributed by atoms with Gasteiger partial charge >= 0.3 is 0 Å². The number of hydrogen-bond donors (Lipinski definition) is 1. The zero-order valence-electron chi connectivity index (χ0n) is 11.9. The third-order valence-electron chi connectivity index (χ3n) is 3.29. The predicted octanol–water partition coefficient (Wildman–Crippen LogP) is 3.42. The van der Waals surface area contributed by atoms with Gasteiger partial charge in [0.25, 0.3) is 0 Å². The third kappa shape index (κ3) is 4.12. The molecule has 0 amide bonds. The van der Waals surface area contributed by atoms with Crippen molar-refractivity contribution in [2.24, 2.45) is 7.05 Å². The highest BCUT2D eigenvalue weighted by atomic mass is 15.3. The summed E-state index contributed by atoms with van der Waals surface area (Å²) in [6.07, 6.45) is 6.62. The van der Waals surface area contributed by atoms with Gasteiger partial charge in [0.15, 0.2) is 0 Å². The second kappa shape index (κ2) is 6.98. The molecule has 0 saturated heterocycles. The van der Waals surface area contributed by atoms with Crippen molar-refractivity contribution in [2.45, 2.75) is 32.6 Å². The summed E-state index contributed by atoms with van der Waals surface area (Å²) < 4.78 is 1.88. The Hall–Kier alpha value is -1.77. The molecule has 0 unspecified atom stereocenters. The molecule has 2 rings (SSSR count). The van der Waals surface area contributed by atoms with Gasteiger partial charge < -0.3 is 5.32 Å². The maximum Gasteiger partial charge on any atom is 0.0853 e. The van der Waals surface area contributed by atoms with Gasteiger partial charge in [-0.2, -0.15) is 5.10 Å². The van der Waals surface area contributed by atoms with Gasteiger partial charge in [0, 0.05) is 19.8 Å². The Morgan fingerprint density at radius 2 is 1.95 bits per heavy atom.